The van der Waals surface area contributed by atoms with E-state index in [1.807, 2.05) is 6.92 Å². The Labute approximate surface area is 116 Å². The Morgan fingerprint density at radius 2 is 1.79 bits per heavy atom. The molecule has 0 fully saturated rings. The summed E-state index contributed by atoms with van der Waals surface area (Å²) < 4.78 is 14.6. The van der Waals surface area contributed by atoms with Crippen molar-refractivity contribution in [2.24, 2.45) is 0 Å². The molecule has 1 atom stereocenters. The van der Waals surface area contributed by atoms with Crippen molar-refractivity contribution >= 4 is 11.9 Å². The molecule has 0 aliphatic heterocycles. The van der Waals surface area contributed by atoms with Crippen LogP contribution in [0.3, 0.4) is 0 Å². The summed E-state index contributed by atoms with van der Waals surface area (Å²) in [6, 6.07) is 0. The highest BCUT2D eigenvalue weighted by atomic mass is 16.6. The molecule has 5 nitrogen and oxygen atoms in total. The van der Waals surface area contributed by atoms with Gasteiger partial charge in [0.05, 0.1) is 13.2 Å². The molecule has 114 valence electrons. The van der Waals surface area contributed by atoms with Crippen LogP contribution in [-0.4, -0.2) is 37.9 Å². The molecule has 0 radical (unpaired) electrons. The second-order valence-electron chi connectivity index (χ2n) is 4.01. The van der Waals surface area contributed by atoms with Gasteiger partial charge in [-0.3, -0.25) is 9.59 Å². The lowest BCUT2D eigenvalue weighted by Crippen LogP contribution is -2.18. The van der Waals surface area contributed by atoms with Crippen LogP contribution in [0.25, 0.3) is 0 Å². The maximum atomic E-state index is 10.5. The van der Waals surface area contributed by atoms with Crippen molar-refractivity contribution in [3.63, 3.8) is 0 Å². The van der Waals surface area contributed by atoms with Gasteiger partial charge in [-0.25, -0.2) is 0 Å². The van der Waals surface area contributed by atoms with Gasteiger partial charge in [-0.2, -0.15) is 0 Å². The van der Waals surface area contributed by atoms with Crippen molar-refractivity contribution in [3.8, 4) is 0 Å². The lowest BCUT2D eigenvalue weighted by atomic mass is 10.4. The van der Waals surface area contributed by atoms with E-state index >= 15 is 0 Å². The molecule has 0 bridgehead atoms. The highest BCUT2D eigenvalue weighted by Crippen LogP contribution is 1.91. The monoisotopic (exact) mass is 276 g/mol. The Morgan fingerprint density at radius 1 is 1.16 bits per heavy atom. The van der Waals surface area contributed by atoms with Gasteiger partial charge in [0.15, 0.2) is 0 Å². The van der Waals surface area contributed by atoms with Crippen LogP contribution in [0.5, 0.6) is 0 Å². The van der Waals surface area contributed by atoms with Gasteiger partial charge in [-0.05, 0) is 20.3 Å². The van der Waals surface area contributed by atoms with Crippen LogP contribution < -0.4 is 0 Å². The summed E-state index contributed by atoms with van der Waals surface area (Å²) in [6.45, 7) is 10.7. The summed E-state index contributed by atoms with van der Waals surface area (Å²) in [5.41, 5.74) is 0. The third-order valence-corrected chi connectivity index (χ3v) is 1.97. The van der Waals surface area contributed by atoms with E-state index in [0.717, 1.165) is 12.8 Å². The topological polar surface area (TPSA) is 61.8 Å². The molecule has 0 heterocycles. The van der Waals surface area contributed by atoms with Crippen LogP contribution in [0.15, 0.2) is 0 Å². The van der Waals surface area contributed by atoms with E-state index in [1.165, 1.54) is 6.92 Å². The third kappa shape index (κ3) is 19.4. The maximum absolute atomic E-state index is 10.5. The summed E-state index contributed by atoms with van der Waals surface area (Å²) in [5.74, 6) is -0.351. The molecule has 1 unspecified atom stereocenters. The highest BCUT2D eigenvalue weighted by molar-refractivity contribution is 5.68. The zero-order valence-electron chi connectivity index (χ0n) is 12.9. The molecule has 0 aliphatic carbocycles. The number of rotatable bonds is 8. The van der Waals surface area contributed by atoms with Gasteiger partial charge >= 0.3 is 11.9 Å². The van der Waals surface area contributed by atoms with Crippen molar-refractivity contribution in [2.45, 2.75) is 60.0 Å². The predicted molar refractivity (Wildman–Crippen MR) is 73.9 cm³/mol. The summed E-state index contributed by atoms with van der Waals surface area (Å²) in [6.07, 6.45) is 2.42. The van der Waals surface area contributed by atoms with Gasteiger partial charge in [-0.1, -0.05) is 20.3 Å². The average Bonchev–Trinajstić information content (AvgIpc) is 2.36. The van der Waals surface area contributed by atoms with Gasteiger partial charge in [0, 0.05) is 20.0 Å². The smallest absolute Gasteiger partial charge is 0.305 e. The number of hydrogen-bond acceptors (Lipinski definition) is 5. The molecule has 0 aliphatic rings. The van der Waals surface area contributed by atoms with Gasteiger partial charge in [0.2, 0.25) is 0 Å². The van der Waals surface area contributed by atoms with Crippen molar-refractivity contribution in [1.29, 1.82) is 0 Å². The lowest BCUT2D eigenvalue weighted by Gasteiger charge is -2.10. The fourth-order valence-corrected chi connectivity index (χ4v) is 1.03. The lowest BCUT2D eigenvalue weighted by molar-refractivity contribution is -0.148. The summed E-state index contributed by atoms with van der Waals surface area (Å²) >= 11 is 0. The minimum atomic E-state index is -0.257. The van der Waals surface area contributed by atoms with Gasteiger partial charge in [0.1, 0.15) is 6.10 Å². The number of ether oxygens (including phenoxy) is 3. The number of carbonyl (C=O) groups is 2. The second-order valence-corrected chi connectivity index (χ2v) is 4.01. The standard InChI is InChI=1S/C7H14O3.C7H14O2/c1-4-9-5-6(2)10-7(3)8;1-3-5-6-9-7(8)4-2/h6H,4-5H2,1-3H3;3-6H2,1-2H3. The molecule has 0 aromatic rings. The zero-order valence-corrected chi connectivity index (χ0v) is 12.9. The van der Waals surface area contributed by atoms with Crippen LogP contribution in [0.4, 0.5) is 0 Å². The largest absolute Gasteiger partial charge is 0.466 e. The number of unbranched alkanes of at least 4 members (excludes halogenated alkanes) is 1. The molecule has 0 aromatic heterocycles. The average molecular weight is 276 g/mol. The fourth-order valence-electron chi connectivity index (χ4n) is 1.03. The molecule has 0 saturated carbocycles. The SMILES string of the molecule is CCCCOC(=O)CC.CCOCC(C)OC(C)=O. The Hall–Kier alpha value is -1.10. The minimum absolute atomic E-state index is 0.0940. The summed E-state index contributed by atoms with van der Waals surface area (Å²) in [7, 11) is 0. The minimum Gasteiger partial charge on any atom is -0.466 e. The van der Waals surface area contributed by atoms with E-state index < -0.39 is 0 Å². The van der Waals surface area contributed by atoms with Crippen LogP contribution in [0, 0.1) is 0 Å². The molecular weight excluding hydrogens is 248 g/mol. The molecule has 5 heteroatoms. The van der Waals surface area contributed by atoms with E-state index in [9.17, 15) is 9.59 Å². The Morgan fingerprint density at radius 3 is 2.21 bits per heavy atom. The van der Waals surface area contributed by atoms with Crippen molar-refractivity contribution in [2.75, 3.05) is 19.8 Å². The molecule has 0 aromatic carbocycles. The van der Waals surface area contributed by atoms with E-state index in [4.69, 9.17) is 14.2 Å². The predicted octanol–water partition coefficient (Wildman–Crippen LogP) is 2.71. The highest BCUT2D eigenvalue weighted by Gasteiger charge is 2.03. The van der Waals surface area contributed by atoms with E-state index in [0.29, 0.717) is 26.2 Å². The number of hydrogen-bond donors (Lipinski definition) is 0. The van der Waals surface area contributed by atoms with E-state index in [1.54, 1.807) is 13.8 Å². The first kappa shape index (κ1) is 20.2. The molecule has 0 rings (SSSR count). The van der Waals surface area contributed by atoms with E-state index in [-0.39, 0.29) is 18.0 Å². The second kappa shape index (κ2) is 15.0. The normalized spacial score (nSPS) is 11.0. The van der Waals surface area contributed by atoms with Crippen LogP contribution in [0.1, 0.15) is 53.9 Å². The molecule has 0 saturated heterocycles. The fraction of sp³-hybridized carbons (Fsp3) is 0.857. The Bertz CT molecular complexity index is 228. The van der Waals surface area contributed by atoms with E-state index in [2.05, 4.69) is 6.92 Å². The Kier molecular flexibility index (Phi) is 15.9. The van der Waals surface area contributed by atoms with Crippen molar-refractivity contribution in [3.05, 3.63) is 0 Å². The number of carbonyl (C=O) groups excluding carboxylic acids is 2. The zero-order chi connectivity index (χ0) is 15.1. The molecule has 0 spiro atoms. The molecule has 0 N–H and O–H groups in total. The first-order valence-corrected chi connectivity index (χ1v) is 6.88. The van der Waals surface area contributed by atoms with Crippen LogP contribution in [0.2, 0.25) is 0 Å². The molecule has 19 heavy (non-hydrogen) atoms. The van der Waals surface area contributed by atoms with Gasteiger partial charge < -0.3 is 14.2 Å². The van der Waals surface area contributed by atoms with Crippen LogP contribution >= 0.6 is 0 Å². The first-order valence-electron chi connectivity index (χ1n) is 6.88. The summed E-state index contributed by atoms with van der Waals surface area (Å²) in [4.78, 5) is 20.8. The number of esters is 2. The summed E-state index contributed by atoms with van der Waals surface area (Å²) in [5, 5.41) is 0. The first-order chi connectivity index (χ1) is 8.97. The van der Waals surface area contributed by atoms with Crippen molar-refractivity contribution < 1.29 is 23.8 Å². The van der Waals surface area contributed by atoms with Gasteiger partial charge in [-0.15, -0.1) is 0 Å². The van der Waals surface area contributed by atoms with Crippen LogP contribution in [-0.2, 0) is 23.8 Å². The van der Waals surface area contributed by atoms with Crippen molar-refractivity contribution in [1.82, 2.24) is 0 Å². The quantitative estimate of drug-likeness (QED) is 0.504. The molecular formula is C14H28O5. The molecule has 0 amide bonds. The maximum Gasteiger partial charge on any atom is 0.305 e. The third-order valence-electron chi connectivity index (χ3n) is 1.97. The van der Waals surface area contributed by atoms with Gasteiger partial charge in [0.25, 0.3) is 0 Å². The Balaban J connectivity index is 0.